The quantitative estimate of drug-likeness (QED) is 0.604. The lowest BCUT2D eigenvalue weighted by Gasteiger charge is -2.22. The van der Waals surface area contributed by atoms with Crippen molar-refractivity contribution >= 4 is 31.9 Å². The van der Waals surface area contributed by atoms with Gasteiger partial charge in [-0.1, -0.05) is 28.9 Å². The minimum atomic E-state index is 0.0997. The molecule has 0 radical (unpaired) electrons. The molecule has 0 fully saturated rings. The molecule has 76 valence electrons. The SMILES string of the molecule is C=CC(C)(CBr)Cc1cncc(Br)c1. The zero-order valence-electron chi connectivity index (χ0n) is 8.13. The van der Waals surface area contributed by atoms with E-state index in [9.17, 15) is 0 Å². The van der Waals surface area contributed by atoms with Crippen LogP contribution in [0.1, 0.15) is 12.5 Å². The molecule has 0 aliphatic heterocycles. The van der Waals surface area contributed by atoms with Gasteiger partial charge in [0.15, 0.2) is 0 Å². The van der Waals surface area contributed by atoms with Gasteiger partial charge in [-0.15, -0.1) is 6.58 Å². The Hall–Kier alpha value is -0.150. The Morgan fingerprint density at radius 3 is 2.79 bits per heavy atom. The van der Waals surface area contributed by atoms with Crippen LogP contribution in [0.15, 0.2) is 35.6 Å². The van der Waals surface area contributed by atoms with Crippen LogP contribution in [-0.2, 0) is 6.42 Å². The molecule has 0 bridgehead atoms. The Morgan fingerprint density at radius 2 is 2.29 bits per heavy atom. The van der Waals surface area contributed by atoms with Crippen LogP contribution in [0.2, 0.25) is 0 Å². The molecular formula is C11H13Br2N. The zero-order valence-corrected chi connectivity index (χ0v) is 11.3. The zero-order chi connectivity index (χ0) is 10.6. The standard InChI is InChI=1S/C11H13Br2N/c1-3-11(2,8-12)5-9-4-10(13)7-14-6-9/h3-4,6-7H,1,5,8H2,2H3. The molecule has 0 saturated heterocycles. The highest BCUT2D eigenvalue weighted by molar-refractivity contribution is 9.10. The average molecular weight is 319 g/mol. The summed E-state index contributed by atoms with van der Waals surface area (Å²) < 4.78 is 1.02. The normalized spacial score (nSPS) is 14.8. The van der Waals surface area contributed by atoms with Crippen LogP contribution in [0.3, 0.4) is 0 Å². The van der Waals surface area contributed by atoms with E-state index in [0.717, 1.165) is 16.2 Å². The summed E-state index contributed by atoms with van der Waals surface area (Å²) >= 11 is 6.92. The van der Waals surface area contributed by atoms with Crippen LogP contribution in [0.25, 0.3) is 0 Å². The fraction of sp³-hybridized carbons (Fsp3) is 0.364. The molecule has 14 heavy (non-hydrogen) atoms. The largest absolute Gasteiger partial charge is 0.263 e. The number of rotatable bonds is 4. The molecule has 0 spiro atoms. The Bertz CT molecular complexity index is 325. The molecule has 1 nitrogen and oxygen atoms in total. The molecular weight excluding hydrogens is 306 g/mol. The van der Waals surface area contributed by atoms with Gasteiger partial charge in [-0.2, -0.15) is 0 Å². The number of hydrogen-bond donors (Lipinski definition) is 0. The summed E-state index contributed by atoms with van der Waals surface area (Å²) in [5.74, 6) is 0. The first-order chi connectivity index (χ1) is 6.59. The number of hydrogen-bond acceptors (Lipinski definition) is 1. The van der Waals surface area contributed by atoms with Crippen molar-refractivity contribution in [1.82, 2.24) is 4.98 Å². The first kappa shape index (κ1) is 11.9. The summed E-state index contributed by atoms with van der Waals surface area (Å²) in [6.07, 6.45) is 6.63. The van der Waals surface area contributed by atoms with Crippen LogP contribution in [0, 0.1) is 5.41 Å². The number of alkyl halides is 1. The first-order valence-corrected chi connectivity index (χ1v) is 6.30. The van der Waals surface area contributed by atoms with E-state index in [0.29, 0.717) is 0 Å². The highest BCUT2D eigenvalue weighted by Gasteiger charge is 2.19. The van der Waals surface area contributed by atoms with Gasteiger partial charge in [0.05, 0.1) is 0 Å². The number of aromatic nitrogens is 1. The van der Waals surface area contributed by atoms with E-state index in [4.69, 9.17) is 0 Å². The van der Waals surface area contributed by atoms with E-state index in [1.807, 2.05) is 12.3 Å². The number of allylic oxidation sites excluding steroid dienone is 1. The molecule has 1 heterocycles. The Morgan fingerprint density at radius 1 is 1.57 bits per heavy atom. The molecule has 0 aliphatic carbocycles. The molecule has 1 unspecified atom stereocenters. The van der Waals surface area contributed by atoms with Gasteiger partial charge >= 0.3 is 0 Å². The van der Waals surface area contributed by atoms with Crippen LogP contribution < -0.4 is 0 Å². The minimum absolute atomic E-state index is 0.0997. The van der Waals surface area contributed by atoms with Crippen molar-refractivity contribution in [3.05, 3.63) is 41.2 Å². The maximum absolute atomic E-state index is 4.14. The topological polar surface area (TPSA) is 12.9 Å². The maximum Gasteiger partial charge on any atom is 0.0410 e. The second kappa shape index (κ2) is 5.08. The summed E-state index contributed by atoms with van der Waals surface area (Å²) in [6, 6.07) is 2.09. The third kappa shape index (κ3) is 3.21. The van der Waals surface area contributed by atoms with Gasteiger partial charge in [0.2, 0.25) is 0 Å². The van der Waals surface area contributed by atoms with Crippen molar-refractivity contribution in [3.8, 4) is 0 Å². The van der Waals surface area contributed by atoms with Crippen LogP contribution >= 0.6 is 31.9 Å². The summed E-state index contributed by atoms with van der Waals surface area (Å²) in [6.45, 7) is 6.04. The lowest BCUT2D eigenvalue weighted by molar-refractivity contribution is 0.493. The maximum atomic E-state index is 4.14. The molecule has 1 rings (SSSR count). The van der Waals surface area contributed by atoms with E-state index in [-0.39, 0.29) is 5.41 Å². The van der Waals surface area contributed by atoms with Crippen molar-refractivity contribution in [2.24, 2.45) is 5.41 Å². The van der Waals surface area contributed by atoms with Gasteiger partial charge in [-0.25, -0.2) is 0 Å². The van der Waals surface area contributed by atoms with Gasteiger partial charge in [0, 0.05) is 22.2 Å². The van der Waals surface area contributed by atoms with Crippen molar-refractivity contribution in [3.63, 3.8) is 0 Å². The van der Waals surface area contributed by atoms with E-state index in [1.165, 1.54) is 5.56 Å². The lowest BCUT2D eigenvalue weighted by Crippen LogP contribution is -2.18. The predicted octanol–water partition coefficient (Wildman–Crippen LogP) is 3.97. The van der Waals surface area contributed by atoms with Gasteiger partial charge < -0.3 is 0 Å². The lowest BCUT2D eigenvalue weighted by atomic mass is 9.86. The molecule has 1 aromatic heterocycles. The van der Waals surface area contributed by atoms with Crippen LogP contribution in [-0.4, -0.2) is 10.3 Å². The first-order valence-electron chi connectivity index (χ1n) is 4.38. The summed E-state index contributed by atoms with van der Waals surface area (Å²) in [7, 11) is 0. The smallest absolute Gasteiger partial charge is 0.0410 e. The fourth-order valence-corrected chi connectivity index (χ4v) is 2.03. The summed E-state index contributed by atoms with van der Waals surface area (Å²) in [5.41, 5.74) is 1.32. The molecule has 0 saturated carbocycles. The number of halogens is 2. The van der Waals surface area contributed by atoms with Crippen LogP contribution in [0.5, 0.6) is 0 Å². The highest BCUT2D eigenvalue weighted by Crippen LogP contribution is 2.26. The molecule has 1 aromatic rings. The Balaban J connectivity index is 2.82. The van der Waals surface area contributed by atoms with Gasteiger partial charge in [0.25, 0.3) is 0 Å². The monoisotopic (exact) mass is 317 g/mol. The Kier molecular flexibility index (Phi) is 4.32. The molecule has 3 heteroatoms. The molecule has 0 amide bonds. The fourth-order valence-electron chi connectivity index (χ4n) is 1.19. The predicted molar refractivity (Wildman–Crippen MR) is 67.7 cm³/mol. The van der Waals surface area contributed by atoms with E-state index in [2.05, 4.69) is 56.4 Å². The van der Waals surface area contributed by atoms with E-state index < -0.39 is 0 Å². The van der Waals surface area contributed by atoms with Crippen molar-refractivity contribution in [2.75, 3.05) is 5.33 Å². The molecule has 0 aromatic carbocycles. The highest BCUT2D eigenvalue weighted by atomic mass is 79.9. The molecule has 0 N–H and O–H groups in total. The third-order valence-corrected chi connectivity index (χ3v) is 3.88. The van der Waals surface area contributed by atoms with Crippen molar-refractivity contribution in [2.45, 2.75) is 13.3 Å². The van der Waals surface area contributed by atoms with E-state index in [1.54, 1.807) is 6.20 Å². The van der Waals surface area contributed by atoms with Crippen LogP contribution in [0.4, 0.5) is 0 Å². The Labute approximate surface area is 102 Å². The number of nitrogens with zero attached hydrogens (tertiary/aromatic N) is 1. The second-order valence-corrected chi connectivity index (χ2v) is 5.16. The van der Waals surface area contributed by atoms with Gasteiger partial charge in [-0.3, -0.25) is 4.98 Å². The van der Waals surface area contributed by atoms with Gasteiger partial charge in [-0.05, 0) is 39.4 Å². The van der Waals surface area contributed by atoms with Crippen molar-refractivity contribution < 1.29 is 0 Å². The van der Waals surface area contributed by atoms with Gasteiger partial charge in [0.1, 0.15) is 0 Å². The van der Waals surface area contributed by atoms with E-state index >= 15 is 0 Å². The molecule has 0 aliphatic rings. The summed E-state index contributed by atoms with van der Waals surface area (Å²) in [4.78, 5) is 4.14. The molecule has 1 atom stereocenters. The minimum Gasteiger partial charge on any atom is -0.263 e. The second-order valence-electron chi connectivity index (χ2n) is 3.68. The number of pyridine rings is 1. The average Bonchev–Trinajstić information content (AvgIpc) is 2.18. The van der Waals surface area contributed by atoms with Crippen molar-refractivity contribution in [1.29, 1.82) is 0 Å². The summed E-state index contributed by atoms with van der Waals surface area (Å²) in [5, 5.41) is 0.913. The third-order valence-electron chi connectivity index (χ3n) is 2.17.